The number of rotatable bonds is 2. The van der Waals surface area contributed by atoms with E-state index in [1.807, 2.05) is 0 Å². The third kappa shape index (κ3) is 4.41. The molecule has 1 N–H and O–H groups in total. The summed E-state index contributed by atoms with van der Waals surface area (Å²) in [5.41, 5.74) is 0. The summed E-state index contributed by atoms with van der Waals surface area (Å²) in [6.45, 7) is 0.313. The summed E-state index contributed by atoms with van der Waals surface area (Å²) in [5, 5.41) is 2.41. The minimum atomic E-state index is -0.148. The second-order valence-corrected chi connectivity index (χ2v) is 1.68. The van der Waals surface area contributed by atoms with E-state index in [4.69, 9.17) is 0 Å². The maximum atomic E-state index is 9.83. The minimum absolute atomic E-state index is 0.148. The van der Waals surface area contributed by atoms with Gasteiger partial charge in [-0.3, -0.25) is 9.88 Å². The molecule has 4 heteroatoms. The van der Waals surface area contributed by atoms with E-state index in [1.165, 1.54) is 0 Å². The van der Waals surface area contributed by atoms with Crippen molar-refractivity contribution in [1.29, 1.82) is 0 Å². The average molecular weight is 123 g/mol. The maximum Gasteiger partial charge on any atom is 0.199 e. The fourth-order valence-electron chi connectivity index (χ4n) is 0.0873. The predicted octanol–water partition coefficient (Wildman–Crippen LogP) is -0.177. The van der Waals surface area contributed by atoms with Crippen LogP contribution in [-0.4, -0.2) is 11.7 Å². The SMILES string of the molecule is O=C(S)CNP. The van der Waals surface area contributed by atoms with Gasteiger partial charge in [-0.2, -0.15) is 0 Å². The third-order valence-electron chi connectivity index (χ3n) is 0.253. The predicted molar refractivity (Wildman–Crippen MR) is 31.7 cm³/mol. The van der Waals surface area contributed by atoms with Gasteiger partial charge < -0.3 is 0 Å². The van der Waals surface area contributed by atoms with E-state index in [9.17, 15) is 4.79 Å². The Kier molecular flexibility index (Phi) is 3.84. The minimum Gasteiger partial charge on any atom is -0.293 e. The fourth-order valence-corrected chi connectivity index (χ4v) is 0.536. The molecule has 36 valence electrons. The van der Waals surface area contributed by atoms with E-state index in [-0.39, 0.29) is 5.12 Å². The van der Waals surface area contributed by atoms with Crippen molar-refractivity contribution in [1.82, 2.24) is 5.09 Å². The van der Waals surface area contributed by atoms with E-state index < -0.39 is 0 Å². The van der Waals surface area contributed by atoms with Crippen LogP contribution in [0.2, 0.25) is 0 Å². The normalized spacial score (nSPS) is 8.33. The third-order valence-corrected chi connectivity index (χ3v) is 0.616. The molecule has 0 radical (unpaired) electrons. The highest BCUT2D eigenvalue weighted by Crippen LogP contribution is 1.75. The molecule has 0 saturated carbocycles. The lowest BCUT2D eigenvalue weighted by atomic mass is 10.8. The highest BCUT2D eigenvalue weighted by Gasteiger charge is 1.83. The van der Waals surface area contributed by atoms with Gasteiger partial charge in [-0.05, 0) is 0 Å². The van der Waals surface area contributed by atoms with E-state index in [0.29, 0.717) is 6.54 Å². The van der Waals surface area contributed by atoms with Crippen LogP contribution in [0.3, 0.4) is 0 Å². The van der Waals surface area contributed by atoms with Crippen LogP contribution >= 0.6 is 22.0 Å². The van der Waals surface area contributed by atoms with Crippen LogP contribution in [0, 0.1) is 0 Å². The van der Waals surface area contributed by atoms with Crippen molar-refractivity contribution in [2.45, 2.75) is 0 Å². The van der Waals surface area contributed by atoms with Gasteiger partial charge in [-0.25, -0.2) is 0 Å². The first-order chi connectivity index (χ1) is 2.77. The summed E-state index contributed by atoms with van der Waals surface area (Å²) in [7, 11) is 2.20. The van der Waals surface area contributed by atoms with E-state index >= 15 is 0 Å². The van der Waals surface area contributed by atoms with Crippen molar-refractivity contribution in [2.24, 2.45) is 0 Å². The number of thiol groups is 1. The smallest absolute Gasteiger partial charge is 0.199 e. The van der Waals surface area contributed by atoms with E-state index in [1.54, 1.807) is 0 Å². The Morgan fingerprint density at radius 3 is 2.50 bits per heavy atom. The molecular weight excluding hydrogens is 117 g/mol. The molecule has 0 aliphatic carbocycles. The molecule has 0 aromatic heterocycles. The van der Waals surface area contributed by atoms with Gasteiger partial charge in [-0.15, -0.1) is 12.6 Å². The zero-order valence-corrected chi connectivity index (χ0v) is 5.19. The first-order valence-corrected chi connectivity index (χ1v) is 2.45. The molecule has 0 aromatic carbocycles. The number of carbonyl (C=O) groups is 1. The molecule has 0 aliphatic heterocycles. The van der Waals surface area contributed by atoms with Crippen LogP contribution in [0.25, 0.3) is 0 Å². The van der Waals surface area contributed by atoms with Crippen LogP contribution in [-0.2, 0) is 4.79 Å². The van der Waals surface area contributed by atoms with Crippen molar-refractivity contribution < 1.29 is 4.79 Å². The molecule has 0 bridgehead atoms. The quantitative estimate of drug-likeness (QED) is 0.394. The number of carbonyl (C=O) groups excluding carboxylic acids is 1. The van der Waals surface area contributed by atoms with Crippen molar-refractivity contribution in [2.75, 3.05) is 6.54 Å². The van der Waals surface area contributed by atoms with Gasteiger partial charge in [0.2, 0.25) is 0 Å². The maximum absolute atomic E-state index is 9.83. The molecule has 0 fully saturated rings. The summed E-state index contributed by atoms with van der Waals surface area (Å²) in [6.07, 6.45) is 0. The van der Waals surface area contributed by atoms with E-state index in [0.717, 1.165) is 0 Å². The molecule has 0 heterocycles. The summed E-state index contributed by atoms with van der Waals surface area (Å²) in [5.74, 6) is 0. The van der Waals surface area contributed by atoms with Crippen molar-refractivity contribution in [3.05, 3.63) is 0 Å². The molecule has 0 rings (SSSR count). The molecule has 0 spiro atoms. The van der Waals surface area contributed by atoms with Gasteiger partial charge in [0.25, 0.3) is 0 Å². The second kappa shape index (κ2) is 3.59. The topological polar surface area (TPSA) is 29.1 Å². The second-order valence-electron chi connectivity index (χ2n) is 0.775. The van der Waals surface area contributed by atoms with Gasteiger partial charge in [0, 0.05) is 0 Å². The van der Waals surface area contributed by atoms with Crippen LogP contribution in [0.5, 0.6) is 0 Å². The fraction of sp³-hybridized carbons (Fsp3) is 0.500. The first-order valence-electron chi connectivity index (χ1n) is 1.42. The molecule has 0 aliphatic rings. The Morgan fingerprint density at radius 2 is 2.50 bits per heavy atom. The Morgan fingerprint density at radius 1 is 2.00 bits per heavy atom. The van der Waals surface area contributed by atoms with Crippen molar-refractivity contribution in [3.63, 3.8) is 0 Å². The summed E-state index contributed by atoms with van der Waals surface area (Å²) in [6, 6.07) is 0. The molecule has 0 amide bonds. The standard InChI is InChI=1S/C2H6NOPS/c4-2(6)1-3-5/h3H,1,5H2,(H,4,6). The summed E-state index contributed by atoms with van der Waals surface area (Å²) >= 11 is 3.46. The first kappa shape index (κ1) is 6.41. The Bertz CT molecular complexity index is 57.5. The van der Waals surface area contributed by atoms with Gasteiger partial charge >= 0.3 is 0 Å². The van der Waals surface area contributed by atoms with Crippen LogP contribution in [0.15, 0.2) is 0 Å². The molecule has 1 unspecified atom stereocenters. The summed E-state index contributed by atoms with van der Waals surface area (Å²) < 4.78 is 0. The Hall–Kier alpha value is 0.410. The lowest BCUT2D eigenvalue weighted by Gasteiger charge is -1.84. The lowest BCUT2D eigenvalue weighted by molar-refractivity contribution is -0.109. The molecular formula is C2H6NOPS. The molecule has 2 nitrogen and oxygen atoms in total. The van der Waals surface area contributed by atoms with Crippen molar-refractivity contribution >= 4 is 27.1 Å². The Balaban J connectivity index is 2.83. The van der Waals surface area contributed by atoms with Crippen LogP contribution in [0.4, 0.5) is 0 Å². The number of nitrogens with one attached hydrogen (secondary N) is 1. The van der Waals surface area contributed by atoms with E-state index in [2.05, 4.69) is 27.1 Å². The largest absolute Gasteiger partial charge is 0.293 e. The summed E-state index contributed by atoms with van der Waals surface area (Å²) in [4.78, 5) is 9.83. The highest BCUT2D eigenvalue weighted by atomic mass is 32.1. The molecule has 1 atom stereocenters. The average Bonchev–Trinajstić information content (AvgIpc) is 1.35. The lowest BCUT2D eigenvalue weighted by Crippen LogP contribution is -2.06. The molecule has 0 saturated heterocycles. The molecule has 6 heavy (non-hydrogen) atoms. The van der Waals surface area contributed by atoms with Gasteiger partial charge in [-0.1, -0.05) is 9.39 Å². The number of hydrogen-bond donors (Lipinski definition) is 2. The zero-order valence-electron chi connectivity index (χ0n) is 3.14. The number of hydrogen-bond acceptors (Lipinski definition) is 2. The highest BCUT2D eigenvalue weighted by molar-refractivity contribution is 7.96. The monoisotopic (exact) mass is 123 g/mol. The van der Waals surface area contributed by atoms with Crippen LogP contribution < -0.4 is 5.09 Å². The van der Waals surface area contributed by atoms with Crippen LogP contribution in [0.1, 0.15) is 0 Å². The Labute approximate surface area is 44.4 Å². The van der Waals surface area contributed by atoms with Gasteiger partial charge in [0.15, 0.2) is 5.12 Å². The molecule has 0 aromatic rings. The zero-order chi connectivity index (χ0) is 4.99. The van der Waals surface area contributed by atoms with Gasteiger partial charge in [0.1, 0.15) is 0 Å². The van der Waals surface area contributed by atoms with Crippen molar-refractivity contribution in [3.8, 4) is 0 Å². The van der Waals surface area contributed by atoms with Gasteiger partial charge in [0.05, 0.1) is 6.54 Å².